The predicted octanol–water partition coefficient (Wildman–Crippen LogP) is 1.53. The number of carbonyl (C=O) groups is 2. The summed E-state index contributed by atoms with van der Waals surface area (Å²) in [5, 5.41) is 0. The Morgan fingerprint density at radius 2 is 2.03 bits per heavy atom. The molecule has 4 heterocycles. The van der Waals surface area contributed by atoms with E-state index in [9.17, 15) is 9.59 Å². The molecule has 0 saturated carbocycles. The first-order chi connectivity index (χ1) is 14.5. The Morgan fingerprint density at radius 1 is 1.23 bits per heavy atom. The van der Waals surface area contributed by atoms with Gasteiger partial charge in [-0.2, -0.15) is 0 Å². The Labute approximate surface area is 178 Å². The van der Waals surface area contributed by atoms with Crippen molar-refractivity contribution in [3.05, 3.63) is 30.1 Å². The third-order valence-electron chi connectivity index (χ3n) is 6.77. The molecule has 0 radical (unpaired) electrons. The lowest BCUT2D eigenvalue weighted by Gasteiger charge is -2.37. The maximum atomic E-state index is 12.6. The van der Waals surface area contributed by atoms with Crippen molar-refractivity contribution in [3.63, 3.8) is 0 Å². The first-order valence-corrected chi connectivity index (χ1v) is 11.0. The van der Waals surface area contributed by atoms with Crippen LogP contribution in [0.4, 0.5) is 4.79 Å². The smallest absolute Gasteiger partial charge is 0.410 e. The Bertz CT molecular complexity index is 748. The number of hydrogen-bond acceptors (Lipinski definition) is 6. The molecule has 0 aliphatic carbocycles. The quantitative estimate of drug-likeness (QED) is 0.702. The summed E-state index contributed by atoms with van der Waals surface area (Å²) >= 11 is 0. The van der Waals surface area contributed by atoms with Gasteiger partial charge in [0.2, 0.25) is 0 Å². The van der Waals surface area contributed by atoms with Crippen molar-refractivity contribution in [1.82, 2.24) is 24.6 Å². The number of carbonyl (C=O) groups excluding carboxylic acids is 2. The fourth-order valence-corrected chi connectivity index (χ4v) is 4.82. The average molecular weight is 416 g/mol. The fraction of sp³-hybridized carbons (Fsp3) is 0.682. The Kier molecular flexibility index (Phi) is 6.24. The largest absolute Gasteiger partial charge is 0.441 e. The summed E-state index contributed by atoms with van der Waals surface area (Å²) in [5.74, 6) is -0.0479. The van der Waals surface area contributed by atoms with Crippen molar-refractivity contribution in [2.45, 2.75) is 37.3 Å². The molecule has 30 heavy (non-hydrogen) atoms. The lowest BCUT2D eigenvalue weighted by molar-refractivity contribution is 0.00296. The molecule has 1 spiro atoms. The van der Waals surface area contributed by atoms with Crippen LogP contribution in [0.1, 0.15) is 36.2 Å². The fourth-order valence-electron chi connectivity index (χ4n) is 4.82. The summed E-state index contributed by atoms with van der Waals surface area (Å²) in [6.07, 6.45) is 4.99. The maximum absolute atomic E-state index is 12.6. The highest BCUT2D eigenvalue weighted by atomic mass is 16.6. The van der Waals surface area contributed by atoms with Gasteiger partial charge in [-0.1, -0.05) is 6.07 Å². The molecule has 3 aliphatic heterocycles. The molecule has 3 saturated heterocycles. The minimum atomic E-state index is -0.443. The normalized spacial score (nSPS) is 24.1. The topological polar surface area (TPSA) is 69.2 Å². The average Bonchev–Trinajstić information content (AvgIpc) is 3.34. The molecule has 3 aliphatic rings. The van der Waals surface area contributed by atoms with Crippen LogP contribution < -0.4 is 0 Å². The van der Waals surface area contributed by atoms with Crippen molar-refractivity contribution in [1.29, 1.82) is 0 Å². The van der Waals surface area contributed by atoms with Crippen LogP contribution in [0.25, 0.3) is 0 Å². The second-order valence-electron chi connectivity index (χ2n) is 9.04. The van der Waals surface area contributed by atoms with E-state index in [4.69, 9.17) is 4.74 Å². The van der Waals surface area contributed by atoms with E-state index in [2.05, 4.69) is 28.9 Å². The summed E-state index contributed by atoms with van der Waals surface area (Å²) in [7, 11) is 4.28. The number of rotatable bonds is 6. The number of nitrogens with zero attached hydrogens (tertiary/aromatic N) is 5. The van der Waals surface area contributed by atoms with Crippen LogP contribution in [0, 0.1) is 0 Å². The predicted molar refractivity (Wildman–Crippen MR) is 113 cm³/mol. The number of piperidine rings is 1. The van der Waals surface area contributed by atoms with Crippen LogP contribution in [0.5, 0.6) is 0 Å². The van der Waals surface area contributed by atoms with E-state index in [-0.39, 0.29) is 12.0 Å². The highest BCUT2D eigenvalue weighted by Gasteiger charge is 2.47. The number of pyridine rings is 1. The van der Waals surface area contributed by atoms with E-state index >= 15 is 0 Å². The van der Waals surface area contributed by atoms with E-state index in [1.54, 1.807) is 18.3 Å². The molecule has 8 heteroatoms. The minimum Gasteiger partial charge on any atom is -0.441 e. The Balaban J connectivity index is 1.22. The van der Waals surface area contributed by atoms with Gasteiger partial charge in [0, 0.05) is 51.3 Å². The molecule has 1 aromatic rings. The van der Waals surface area contributed by atoms with Crippen LogP contribution in [0.3, 0.4) is 0 Å². The van der Waals surface area contributed by atoms with Gasteiger partial charge in [-0.25, -0.2) is 4.79 Å². The molecular formula is C22H33N5O3. The van der Waals surface area contributed by atoms with Crippen molar-refractivity contribution in [2.24, 2.45) is 0 Å². The molecule has 0 bridgehead atoms. The summed E-state index contributed by atoms with van der Waals surface area (Å²) in [4.78, 5) is 37.7. The van der Waals surface area contributed by atoms with Gasteiger partial charge in [-0.05, 0) is 52.2 Å². The van der Waals surface area contributed by atoms with Gasteiger partial charge in [0.1, 0.15) is 11.3 Å². The Morgan fingerprint density at radius 3 is 2.70 bits per heavy atom. The van der Waals surface area contributed by atoms with Crippen LogP contribution in [0.2, 0.25) is 0 Å². The number of likely N-dealkylation sites (N-methyl/N-ethyl adjacent to an activating group) is 1. The zero-order valence-electron chi connectivity index (χ0n) is 18.1. The molecular weight excluding hydrogens is 382 g/mol. The SMILES string of the molecule is CN(C)C1CCN(CCCN2CC3(CCN(C(=O)c4ccccn4)CC3)OC2=O)C1. The van der Waals surface area contributed by atoms with Crippen molar-refractivity contribution < 1.29 is 14.3 Å². The van der Waals surface area contributed by atoms with Crippen LogP contribution >= 0.6 is 0 Å². The second-order valence-corrected chi connectivity index (χ2v) is 9.04. The van der Waals surface area contributed by atoms with Crippen LogP contribution in [-0.2, 0) is 4.74 Å². The monoisotopic (exact) mass is 415 g/mol. The summed E-state index contributed by atoms with van der Waals surface area (Å²) in [6.45, 7) is 5.83. The van der Waals surface area contributed by atoms with Gasteiger partial charge < -0.3 is 24.3 Å². The third kappa shape index (κ3) is 4.59. The lowest BCUT2D eigenvalue weighted by atomic mass is 9.91. The summed E-state index contributed by atoms with van der Waals surface area (Å²) < 4.78 is 5.82. The van der Waals surface area contributed by atoms with Gasteiger partial charge in [0.15, 0.2) is 0 Å². The second kappa shape index (κ2) is 8.89. The van der Waals surface area contributed by atoms with Gasteiger partial charge in [-0.15, -0.1) is 0 Å². The van der Waals surface area contributed by atoms with E-state index in [0.29, 0.717) is 44.2 Å². The first-order valence-electron chi connectivity index (χ1n) is 11.0. The van der Waals surface area contributed by atoms with E-state index in [0.717, 1.165) is 32.6 Å². The molecule has 4 rings (SSSR count). The zero-order valence-corrected chi connectivity index (χ0v) is 18.1. The van der Waals surface area contributed by atoms with E-state index < -0.39 is 5.60 Å². The lowest BCUT2D eigenvalue weighted by Crippen LogP contribution is -2.49. The maximum Gasteiger partial charge on any atom is 0.410 e. The minimum absolute atomic E-state index is 0.0479. The molecule has 1 atom stereocenters. The first kappa shape index (κ1) is 21.1. The summed E-state index contributed by atoms with van der Waals surface area (Å²) in [5.41, 5.74) is 0.0265. The molecule has 0 aromatic carbocycles. The molecule has 2 amide bonds. The Hall–Kier alpha value is -2.19. The van der Waals surface area contributed by atoms with Crippen LogP contribution in [0.15, 0.2) is 24.4 Å². The number of aromatic nitrogens is 1. The van der Waals surface area contributed by atoms with Crippen molar-refractivity contribution >= 4 is 12.0 Å². The standard InChI is InChI=1S/C22H33N5O3/c1-24(2)18-7-13-25(16-18)11-5-12-27-17-22(30-21(27)29)8-14-26(15-9-22)20(28)19-6-3-4-10-23-19/h3-4,6,10,18H,5,7-9,11-17H2,1-2H3. The van der Waals surface area contributed by atoms with Crippen molar-refractivity contribution in [3.8, 4) is 0 Å². The highest BCUT2D eigenvalue weighted by Crippen LogP contribution is 2.33. The number of hydrogen-bond donors (Lipinski definition) is 0. The molecule has 3 fully saturated rings. The third-order valence-corrected chi connectivity index (χ3v) is 6.77. The molecule has 164 valence electrons. The number of ether oxygens (including phenoxy) is 1. The van der Waals surface area contributed by atoms with Crippen molar-refractivity contribution in [2.75, 3.05) is 59.9 Å². The van der Waals surface area contributed by atoms with Gasteiger partial charge in [0.25, 0.3) is 5.91 Å². The molecule has 1 aromatic heterocycles. The van der Waals surface area contributed by atoms with Gasteiger partial charge in [-0.3, -0.25) is 9.78 Å². The van der Waals surface area contributed by atoms with Gasteiger partial charge in [0.05, 0.1) is 6.54 Å². The molecule has 0 N–H and O–H groups in total. The van der Waals surface area contributed by atoms with Gasteiger partial charge >= 0.3 is 6.09 Å². The van der Waals surface area contributed by atoms with E-state index in [1.165, 1.54) is 6.42 Å². The number of amides is 2. The molecule has 8 nitrogen and oxygen atoms in total. The molecule has 1 unspecified atom stereocenters. The highest BCUT2D eigenvalue weighted by molar-refractivity contribution is 5.92. The van der Waals surface area contributed by atoms with E-state index in [1.807, 2.05) is 15.9 Å². The van der Waals surface area contributed by atoms with Crippen LogP contribution in [-0.4, -0.2) is 108 Å². The number of likely N-dealkylation sites (tertiary alicyclic amines) is 2. The summed E-state index contributed by atoms with van der Waals surface area (Å²) in [6, 6.07) is 6.01. The zero-order chi connectivity index (χ0) is 21.1.